The molecular formula is C19H17N5O5S. The van der Waals surface area contributed by atoms with Crippen molar-refractivity contribution in [1.29, 1.82) is 0 Å². The summed E-state index contributed by atoms with van der Waals surface area (Å²) < 4.78 is 6.74. The number of thiocarbonyl (C=S) groups is 1. The second-order valence-corrected chi connectivity index (χ2v) is 6.63. The summed E-state index contributed by atoms with van der Waals surface area (Å²) in [6.45, 7) is 3.95. The first-order valence-electron chi connectivity index (χ1n) is 8.67. The van der Waals surface area contributed by atoms with Crippen LogP contribution in [0.15, 0.2) is 48.8 Å². The van der Waals surface area contributed by atoms with Crippen LogP contribution in [-0.4, -0.2) is 50.2 Å². The predicted octanol–water partition coefficient (Wildman–Crippen LogP) is 1.66. The Morgan fingerprint density at radius 1 is 1.40 bits per heavy atom. The highest BCUT2D eigenvalue weighted by molar-refractivity contribution is 7.80. The zero-order valence-electron chi connectivity index (χ0n) is 15.9. The molecule has 0 saturated carbocycles. The summed E-state index contributed by atoms with van der Waals surface area (Å²) in [5.41, 5.74) is 1.02. The fourth-order valence-corrected chi connectivity index (χ4v) is 3.13. The molecule has 0 atom stereocenters. The Bertz CT molecular complexity index is 1090. The first kappa shape index (κ1) is 20.9. The zero-order chi connectivity index (χ0) is 21.8. The Morgan fingerprint density at radius 2 is 2.17 bits per heavy atom. The fraction of sp³-hybridized carbons (Fsp3) is 0.158. The van der Waals surface area contributed by atoms with E-state index in [9.17, 15) is 19.7 Å². The first-order valence-corrected chi connectivity index (χ1v) is 9.08. The molecule has 0 aliphatic carbocycles. The maximum Gasteiger partial charge on any atom is 0.307 e. The first-order chi connectivity index (χ1) is 14.3. The molecular weight excluding hydrogens is 410 g/mol. The number of benzene rings is 1. The van der Waals surface area contributed by atoms with Gasteiger partial charge in [0.25, 0.3) is 11.8 Å². The Balaban J connectivity index is 1.94. The minimum Gasteiger partial charge on any atom is -0.496 e. The summed E-state index contributed by atoms with van der Waals surface area (Å²) in [6.07, 6.45) is 5.41. The van der Waals surface area contributed by atoms with Crippen molar-refractivity contribution in [2.75, 3.05) is 13.7 Å². The van der Waals surface area contributed by atoms with E-state index in [0.717, 1.165) is 6.20 Å². The van der Waals surface area contributed by atoms with Crippen LogP contribution in [0.2, 0.25) is 0 Å². The third kappa shape index (κ3) is 4.25. The SMILES string of the molecule is C=CCN1C(=O)/C(=C/c2ccc(OC)c(Cn3cc([N+](=O)[O-])cn3)c2)C(=O)NC1=S. The van der Waals surface area contributed by atoms with E-state index in [4.69, 9.17) is 17.0 Å². The summed E-state index contributed by atoms with van der Waals surface area (Å²) in [4.78, 5) is 36.5. The van der Waals surface area contributed by atoms with E-state index in [1.54, 1.807) is 18.2 Å². The number of aromatic nitrogens is 2. The van der Waals surface area contributed by atoms with Crippen LogP contribution in [0, 0.1) is 10.1 Å². The lowest BCUT2D eigenvalue weighted by atomic mass is 10.0. The van der Waals surface area contributed by atoms with Gasteiger partial charge in [0.1, 0.15) is 23.7 Å². The summed E-state index contributed by atoms with van der Waals surface area (Å²) >= 11 is 5.04. The van der Waals surface area contributed by atoms with Gasteiger partial charge in [-0.1, -0.05) is 12.1 Å². The number of rotatable bonds is 7. The Labute approximate surface area is 176 Å². The maximum atomic E-state index is 12.7. The van der Waals surface area contributed by atoms with Gasteiger partial charge in [0.05, 0.1) is 18.6 Å². The quantitative estimate of drug-likeness (QED) is 0.178. The molecule has 154 valence electrons. The van der Waals surface area contributed by atoms with Crippen LogP contribution in [0.4, 0.5) is 5.69 Å². The predicted molar refractivity (Wildman–Crippen MR) is 112 cm³/mol. The summed E-state index contributed by atoms with van der Waals surface area (Å²) in [5.74, 6) is -0.585. The van der Waals surface area contributed by atoms with E-state index in [1.807, 2.05) is 0 Å². The normalized spacial score (nSPS) is 15.3. The maximum absolute atomic E-state index is 12.7. The number of hydrogen-bond donors (Lipinski definition) is 1. The lowest BCUT2D eigenvalue weighted by Crippen LogP contribution is -2.53. The molecule has 1 aliphatic rings. The van der Waals surface area contributed by atoms with Gasteiger partial charge < -0.3 is 4.74 Å². The van der Waals surface area contributed by atoms with E-state index >= 15 is 0 Å². The van der Waals surface area contributed by atoms with E-state index in [0.29, 0.717) is 16.9 Å². The standard InChI is InChI=1S/C19H17N5O5S/c1-3-6-23-18(26)15(17(25)21-19(23)30)8-12-4-5-16(29-2)13(7-12)10-22-11-14(9-20-22)24(27)28/h3-5,7-9,11H,1,6,10H2,2H3,(H,21,25,30)/b15-8+. The van der Waals surface area contributed by atoms with Crippen molar-refractivity contribution in [3.8, 4) is 5.75 Å². The third-order valence-corrected chi connectivity index (χ3v) is 4.60. The lowest BCUT2D eigenvalue weighted by Gasteiger charge is -2.27. The molecule has 0 unspecified atom stereocenters. The Kier molecular flexibility index (Phi) is 6.02. The van der Waals surface area contributed by atoms with Gasteiger partial charge in [-0.3, -0.25) is 34.6 Å². The van der Waals surface area contributed by atoms with Crippen molar-refractivity contribution in [1.82, 2.24) is 20.0 Å². The van der Waals surface area contributed by atoms with Crippen LogP contribution < -0.4 is 10.1 Å². The van der Waals surface area contributed by atoms with Crippen molar-refractivity contribution in [3.63, 3.8) is 0 Å². The van der Waals surface area contributed by atoms with Crippen LogP contribution in [0.25, 0.3) is 6.08 Å². The molecule has 0 radical (unpaired) electrons. The van der Waals surface area contributed by atoms with E-state index in [-0.39, 0.29) is 29.5 Å². The van der Waals surface area contributed by atoms with Crippen molar-refractivity contribution < 1.29 is 19.2 Å². The molecule has 1 aromatic heterocycles. The van der Waals surface area contributed by atoms with Crippen LogP contribution in [0.1, 0.15) is 11.1 Å². The molecule has 2 heterocycles. The number of carbonyl (C=O) groups excluding carboxylic acids is 2. The molecule has 1 saturated heterocycles. The second kappa shape index (κ2) is 8.66. The van der Waals surface area contributed by atoms with E-state index in [2.05, 4.69) is 17.0 Å². The van der Waals surface area contributed by atoms with Crippen LogP contribution in [0.3, 0.4) is 0 Å². The Hall–Kier alpha value is -3.86. The van der Waals surface area contributed by atoms with Crippen LogP contribution in [0.5, 0.6) is 5.75 Å². The molecule has 2 aromatic rings. The van der Waals surface area contributed by atoms with E-state index in [1.165, 1.54) is 35.0 Å². The number of amides is 2. The minimum absolute atomic E-state index is 0.0257. The van der Waals surface area contributed by atoms with Crippen molar-refractivity contribution in [3.05, 3.63) is 70.1 Å². The average Bonchev–Trinajstić information content (AvgIpc) is 3.17. The summed E-state index contributed by atoms with van der Waals surface area (Å²) in [7, 11) is 1.49. The highest BCUT2D eigenvalue weighted by Gasteiger charge is 2.32. The second-order valence-electron chi connectivity index (χ2n) is 6.25. The third-order valence-electron chi connectivity index (χ3n) is 4.28. The lowest BCUT2D eigenvalue weighted by molar-refractivity contribution is -0.385. The number of nitrogens with zero attached hydrogens (tertiary/aromatic N) is 4. The molecule has 1 fully saturated rings. The summed E-state index contributed by atoms with van der Waals surface area (Å²) in [6, 6.07) is 5.08. The minimum atomic E-state index is -0.592. The molecule has 10 nitrogen and oxygen atoms in total. The van der Waals surface area contributed by atoms with Gasteiger partial charge in [0.2, 0.25) is 0 Å². The molecule has 2 amide bonds. The molecule has 30 heavy (non-hydrogen) atoms. The zero-order valence-corrected chi connectivity index (χ0v) is 16.7. The van der Waals surface area contributed by atoms with Gasteiger partial charge in [-0.25, -0.2) is 0 Å². The Morgan fingerprint density at radius 3 is 2.80 bits per heavy atom. The van der Waals surface area contributed by atoms with Gasteiger partial charge in [-0.05, 0) is 36.0 Å². The topological polar surface area (TPSA) is 120 Å². The fourth-order valence-electron chi connectivity index (χ4n) is 2.88. The molecule has 1 aliphatic heterocycles. The molecule has 0 bridgehead atoms. The summed E-state index contributed by atoms with van der Waals surface area (Å²) in [5, 5.41) is 17.3. The number of nitro groups is 1. The van der Waals surface area contributed by atoms with Crippen molar-refractivity contribution in [2.45, 2.75) is 6.54 Å². The number of ether oxygens (including phenoxy) is 1. The van der Waals surface area contributed by atoms with Crippen LogP contribution in [-0.2, 0) is 16.1 Å². The highest BCUT2D eigenvalue weighted by Crippen LogP contribution is 2.24. The van der Waals surface area contributed by atoms with Crippen LogP contribution >= 0.6 is 12.2 Å². The molecule has 3 rings (SSSR count). The van der Waals surface area contributed by atoms with Gasteiger partial charge >= 0.3 is 5.69 Å². The molecule has 0 spiro atoms. The van der Waals surface area contributed by atoms with Gasteiger partial charge in [-0.2, -0.15) is 5.10 Å². The largest absolute Gasteiger partial charge is 0.496 e. The number of methoxy groups -OCH3 is 1. The monoisotopic (exact) mass is 427 g/mol. The smallest absolute Gasteiger partial charge is 0.307 e. The van der Waals surface area contributed by atoms with Gasteiger partial charge in [0.15, 0.2) is 5.11 Å². The molecule has 1 aromatic carbocycles. The average molecular weight is 427 g/mol. The molecule has 11 heteroatoms. The van der Waals surface area contributed by atoms with Crippen molar-refractivity contribution in [2.24, 2.45) is 0 Å². The van der Waals surface area contributed by atoms with Gasteiger partial charge in [0, 0.05) is 12.1 Å². The number of carbonyl (C=O) groups is 2. The van der Waals surface area contributed by atoms with E-state index < -0.39 is 16.7 Å². The van der Waals surface area contributed by atoms with Crippen molar-refractivity contribution >= 4 is 40.9 Å². The van der Waals surface area contributed by atoms with Gasteiger partial charge in [-0.15, -0.1) is 6.58 Å². The number of hydrogen-bond acceptors (Lipinski definition) is 7. The number of nitrogens with one attached hydrogen (secondary N) is 1. The highest BCUT2D eigenvalue weighted by atomic mass is 32.1. The molecule has 1 N–H and O–H groups in total.